The zero-order valence-electron chi connectivity index (χ0n) is 17.9. The van der Waals surface area contributed by atoms with Crippen LogP contribution in [0.5, 0.6) is 11.5 Å². The van der Waals surface area contributed by atoms with Gasteiger partial charge < -0.3 is 14.8 Å². The summed E-state index contributed by atoms with van der Waals surface area (Å²) >= 11 is 7.39. The number of ether oxygens (including phenoxy) is 2. The smallest absolute Gasteiger partial charge is 0.242 e. The number of hydrogen-bond acceptors (Lipinski definition) is 6. The van der Waals surface area contributed by atoms with Crippen molar-refractivity contribution in [2.75, 3.05) is 19.5 Å². The molecule has 3 aromatic carbocycles. The van der Waals surface area contributed by atoms with Gasteiger partial charge in [-0.2, -0.15) is 0 Å². The number of nitrogens with one attached hydrogen (secondary N) is 2. The lowest BCUT2D eigenvalue weighted by Gasteiger charge is -2.16. The van der Waals surface area contributed by atoms with Gasteiger partial charge in [-0.05, 0) is 35.9 Å². The molecule has 0 radical (unpaired) electrons. The van der Waals surface area contributed by atoms with Gasteiger partial charge >= 0.3 is 0 Å². The summed E-state index contributed by atoms with van der Waals surface area (Å²) in [6, 6.07) is 21.9. The van der Waals surface area contributed by atoms with E-state index in [9.17, 15) is 4.79 Å². The molecule has 2 N–H and O–H groups in total. The van der Waals surface area contributed by atoms with Crippen LogP contribution in [0.15, 0.2) is 78.0 Å². The average molecular weight is 481 g/mol. The van der Waals surface area contributed by atoms with Crippen molar-refractivity contribution < 1.29 is 14.3 Å². The van der Waals surface area contributed by atoms with Crippen molar-refractivity contribution in [3.8, 4) is 22.9 Å². The number of carbonyl (C=O) groups excluding carboxylic acids is 1. The minimum absolute atomic E-state index is 0.203. The minimum Gasteiger partial charge on any atom is -0.497 e. The maximum absolute atomic E-state index is 13.3. The molecule has 1 amide bonds. The van der Waals surface area contributed by atoms with Gasteiger partial charge in [-0.3, -0.25) is 9.89 Å². The van der Waals surface area contributed by atoms with Crippen LogP contribution < -0.4 is 14.8 Å². The van der Waals surface area contributed by atoms with E-state index in [1.165, 1.54) is 11.8 Å². The predicted molar refractivity (Wildman–Crippen MR) is 130 cm³/mol. The first kappa shape index (κ1) is 22.7. The Labute approximate surface area is 200 Å². The Morgan fingerprint density at radius 3 is 2.61 bits per heavy atom. The van der Waals surface area contributed by atoms with Crippen molar-refractivity contribution in [1.29, 1.82) is 0 Å². The molecule has 0 saturated carbocycles. The zero-order chi connectivity index (χ0) is 23.2. The quantitative estimate of drug-likeness (QED) is 0.318. The molecule has 1 heterocycles. The van der Waals surface area contributed by atoms with Crippen LogP contribution in [0, 0.1) is 0 Å². The fourth-order valence-electron chi connectivity index (χ4n) is 3.20. The molecule has 9 heteroatoms. The Morgan fingerprint density at radius 2 is 1.85 bits per heavy atom. The molecule has 0 spiro atoms. The van der Waals surface area contributed by atoms with E-state index < -0.39 is 5.25 Å². The predicted octanol–water partition coefficient (Wildman–Crippen LogP) is 5.61. The van der Waals surface area contributed by atoms with Crippen molar-refractivity contribution in [3.05, 3.63) is 83.4 Å². The normalized spacial score (nSPS) is 11.6. The van der Waals surface area contributed by atoms with Gasteiger partial charge in [0.15, 0.2) is 5.82 Å². The van der Waals surface area contributed by atoms with Crippen LogP contribution >= 0.6 is 23.4 Å². The molecule has 0 fully saturated rings. The highest BCUT2D eigenvalue weighted by Crippen LogP contribution is 2.37. The highest BCUT2D eigenvalue weighted by molar-refractivity contribution is 8.00. The van der Waals surface area contributed by atoms with Crippen LogP contribution in [0.3, 0.4) is 0 Å². The van der Waals surface area contributed by atoms with Gasteiger partial charge in [-0.25, -0.2) is 4.98 Å². The van der Waals surface area contributed by atoms with Gasteiger partial charge in [-0.1, -0.05) is 59.8 Å². The minimum atomic E-state index is -0.581. The molecule has 0 aliphatic heterocycles. The number of rotatable bonds is 8. The van der Waals surface area contributed by atoms with Crippen LogP contribution in [-0.4, -0.2) is 35.3 Å². The van der Waals surface area contributed by atoms with E-state index in [2.05, 4.69) is 20.5 Å². The van der Waals surface area contributed by atoms with E-state index in [4.69, 9.17) is 21.1 Å². The monoisotopic (exact) mass is 480 g/mol. The van der Waals surface area contributed by atoms with Crippen LogP contribution in [0.4, 0.5) is 5.69 Å². The number of thioether (sulfide) groups is 1. The molecule has 33 heavy (non-hydrogen) atoms. The lowest BCUT2D eigenvalue weighted by atomic mass is 10.1. The number of aromatic amines is 1. The molecule has 1 atom stereocenters. The third-order valence-corrected chi connectivity index (χ3v) is 6.13. The summed E-state index contributed by atoms with van der Waals surface area (Å²) in [7, 11) is 3.16. The Kier molecular flexibility index (Phi) is 7.16. The number of hydrogen-bond donors (Lipinski definition) is 2. The van der Waals surface area contributed by atoms with E-state index >= 15 is 0 Å². The number of amides is 1. The van der Waals surface area contributed by atoms with Crippen molar-refractivity contribution in [2.45, 2.75) is 10.4 Å². The van der Waals surface area contributed by atoms with Gasteiger partial charge in [0.05, 0.1) is 19.8 Å². The SMILES string of the molecule is COc1cccc(NC(=O)C(Sc2n[nH]c(-c3cc(Cl)ccc3OC)n2)c2ccccc2)c1. The summed E-state index contributed by atoms with van der Waals surface area (Å²) in [5.41, 5.74) is 2.15. The van der Waals surface area contributed by atoms with E-state index in [0.29, 0.717) is 38.8 Å². The first-order chi connectivity index (χ1) is 16.1. The molecule has 0 aliphatic carbocycles. The largest absolute Gasteiger partial charge is 0.497 e. The summed E-state index contributed by atoms with van der Waals surface area (Å²) < 4.78 is 10.7. The second kappa shape index (κ2) is 10.4. The molecule has 0 aliphatic rings. The highest BCUT2D eigenvalue weighted by atomic mass is 35.5. The van der Waals surface area contributed by atoms with E-state index in [1.54, 1.807) is 38.5 Å². The molecule has 168 valence electrons. The summed E-state index contributed by atoms with van der Waals surface area (Å²) in [4.78, 5) is 17.8. The van der Waals surface area contributed by atoms with E-state index in [0.717, 1.165) is 5.56 Å². The Bertz CT molecular complexity index is 1250. The Morgan fingerprint density at radius 1 is 1.03 bits per heavy atom. The number of aromatic nitrogens is 3. The van der Waals surface area contributed by atoms with Crippen molar-refractivity contribution in [2.24, 2.45) is 0 Å². The highest BCUT2D eigenvalue weighted by Gasteiger charge is 2.25. The fourth-order valence-corrected chi connectivity index (χ4v) is 4.28. The molecule has 1 unspecified atom stereocenters. The van der Waals surface area contributed by atoms with Crippen LogP contribution in [-0.2, 0) is 4.79 Å². The molecule has 1 aromatic heterocycles. The van der Waals surface area contributed by atoms with Crippen molar-refractivity contribution >= 4 is 35.0 Å². The van der Waals surface area contributed by atoms with E-state index in [-0.39, 0.29) is 5.91 Å². The molecule has 0 bridgehead atoms. The number of benzene rings is 3. The standard InChI is InChI=1S/C24H21ClN4O3S/c1-31-18-10-6-9-17(14-18)26-23(30)21(15-7-4-3-5-8-15)33-24-27-22(28-29-24)19-13-16(25)11-12-20(19)32-2/h3-14,21H,1-2H3,(H,26,30)(H,27,28,29). The van der Waals surface area contributed by atoms with Gasteiger partial charge in [0.2, 0.25) is 11.1 Å². The first-order valence-electron chi connectivity index (χ1n) is 10.00. The number of halogens is 1. The number of methoxy groups -OCH3 is 2. The second-order valence-corrected chi connectivity index (χ2v) is 8.45. The van der Waals surface area contributed by atoms with Crippen molar-refractivity contribution in [1.82, 2.24) is 15.2 Å². The zero-order valence-corrected chi connectivity index (χ0v) is 19.5. The third kappa shape index (κ3) is 5.47. The van der Waals surface area contributed by atoms with Gasteiger partial charge in [0, 0.05) is 16.8 Å². The maximum atomic E-state index is 13.3. The second-order valence-electron chi connectivity index (χ2n) is 6.94. The molecule has 4 rings (SSSR count). The molecular weight excluding hydrogens is 460 g/mol. The van der Waals surface area contributed by atoms with Crippen molar-refractivity contribution in [3.63, 3.8) is 0 Å². The van der Waals surface area contributed by atoms with Crippen LogP contribution in [0.1, 0.15) is 10.8 Å². The first-order valence-corrected chi connectivity index (χ1v) is 11.3. The third-order valence-electron chi connectivity index (χ3n) is 4.78. The lowest BCUT2D eigenvalue weighted by molar-refractivity contribution is -0.115. The maximum Gasteiger partial charge on any atom is 0.242 e. The van der Waals surface area contributed by atoms with Crippen LogP contribution in [0.25, 0.3) is 11.4 Å². The Balaban J connectivity index is 1.61. The van der Waals surface area contributed by atoms with Crippen LogP contribution in [0.2, 0.25) is 5.02 Å². The number of H-pyrrole nitrogens is 1. The van der Waals surface area contributed by atoms with E-state index in [1.807, 2.05) is 48.5 Å². The summed E-state index contributed by atoms with van der Waals surface area (Å²) in [5.74, 6) is 1.57. The van der Waals surface area contributed by atoms with Gasteiger partial charge in [-0.15, -0.1) is 5.10 Å². The molecular formula is C24H21ClN4O3S. The van der Waals surface area contributed by atoms with Gasteiger partial charge in [0.25, 0.3) is 0 Å². The molecule has 4 aromatic rings. The number of nitrogens with zero attached hydrogens (tertiary/aromatic N) is 2. The van der Waals surface area contributed by atoms with Gasteiger partial charge in [0.1, 0.15) is 16.7 Å². The lowest BCUT2D eigenvalue weighted by Crippen LogP contribution is -2.19. The topological polar surface area (TPSA) is 89.1 Å². The molecule has 7 nitrogen and oxygen atoms in total. The number of carbonyl (C=O) groups is 1. The average Bonchev–Trinajstić information content (AvgIpc) is 3.31. The molecule has 0 saturated heterocycles. The summed E-state index contributed by atoms with van der Waals surface area (Å²) in [6.45, 7) is 0. The summed E-state index contributed by atoms with van der Waals surface area (Å²) in [6.07, 6.45) is 0. The fraction of sp³-hybridized carbons (Fsp3) is 0.125. The number of anilines is 1. The summed E-state index contributed by atoms with van der Waals surface area (Å²) in [5, 5.41) is 10.6. The Hall–Kier alpha value is -3.49.